The third-order valence-electron chi connectivity index (χ3n) is 1.38. The monoisotopic (exact) mass is 165 g/mol. The largest absolute Gasteiger partial charge is 0.313 e. The topological polar surface area (TPSA) is 83.7 Å². The lowest BCUT2D eigenvalue weighted by molar-refractivity contribution is 0.718. The second kappa shape index (κ2) is 3.54. The van der Waals surface area contributed by atoms with Crippen LogP contribution in [0.15, 0.2) is 22.3 Å². The summed E-state index contributed by atoms with van der Waals surface area (Å²) in [5.41, 5.74) is 7.71. The van der Waals surface area contributed by atoms with Crippen LogP contribution in [-0.2, 0) is 6.54 Å². The summed E-state index contributed by atoms with van der Waals surface area (Å²) in [7, 11) is 0. The average molecular weight is 165 g/mol. The van der Waals surface area contributed by atoms with Gasteiger partial charge in [0.25, 0.3) is 5.56 Å². The van der Waals surface area contributed by atoms with Crippen LogP contribution in [-0.4, -0.2) is 9.55 Å². The lowest BCUT2D eigenvalue weighted by Crippen LogP contribution is -2.18. The van der Waals surface area contributed by atoms with Gasteiger partial charge in [-0.25, -0.2) is 4.98 Å². The Morgan fingerprint density at radius 2 is 2.58 bits per heavy atom. The van der Waals surface area contributed by atoms with E-state index in [9.17, 15) is 4.79 Å². The number of aryl methyl sites for hydroxylation is 1. The third-order valence-corrected chi connectivity index (χ3v) is 1.38. The standard InChI is InChI=1S/C6H7N5O/c1-2-11-4-3-8-5(6(11)12)9-10-7/h3-4H,2H2,1H3. The number of hydrogen-bond donors (Lipinski definition) is 0. The number of azide groups is 1. The maximum atomic E-state index is 11.2. The molecule has 0 aliphatic rings. The molecule has 1 rings (SSSR count). The van der Waals surface area contributed by atoms with E-state index in [2.05, 4.69) is 15.0 Å². The van der Waals surface area contributed by atoms with Gasteiger partial charge < -0.3 is 4.57 Å². The van der Waals surface area contributed by atoms with Crippen LogP contribution in [0.3, 0.4) is 0 Å². The molecule has 0 aliphatic heterocycles. The second-order valence-electron chi connectivity index (χ2n) is 2.03. The molecule has 0 fully saturated rings. The van der Waals surface area contributed by atoms with E-state index >= 15 is 0 Å². The summed E-state index contributed by atoms with van der Waals surface area (Å²) in [5, 5.41) is 3.15. The first-order valence-electron chi connectivity index (χ1n) is 3.40. The van der Waals surface area contributed by atoms with Gasteiger partial charge in [0.2, 0.25) is 0 Å². The van der Waals surface area contributed by atoms with E-state index < -0.39 is 0 Å². The SMILES string of the molecule is CCn1ccnc(N=[N+]=[N-])c1=O. The first kappa shape index (κ1) is 8.29. The smallest absolute Gasteiger partial charge is 0.278 e. The summed E-state index contributed by atoms with van der Waals surface area (Å²) in [5.74, 6) is -0.109. The van der Waals surface area contributed by atoms with Gasteiger partial charge in [-0.05, 0) is 17.6 Å². The van der Waals surface area contributed by atoms with E-state index in [1.807, 2.05) is 6.92 Å². The molecule has 0 radical (unpaired) electrons. The first-order chi connectivity index (χ1) is 5.79. The molecule has 1 heterocycles. The Hall–Kier alpha value is -1.81. The zero-order valence-corrected chi connectivity index (χ0v) is 6.51. The highest BCUT2D eigenvalue weighted by atomic mass is 16.1. The van der Waals surface area contributed by atoms with Crippen molar-refractivity contribution >= 4 is 5.82 Å². The Balaban J connectivity index is 3.32. The van der Waals surface area contributed by atoms with E-state index in [1.54, 1.807) is 6.20 Å². The van der Waals surface area contributed by atoms with Crippen LogP contribution in [0, 0.1) is 0 Å². The maximum Gasteiger partial charge on any atom is 0.278 e. The zero-order chi connectivity index (χ0) is 8.97. The molecule has 0 N–H and O–H groups in total. The molecule has 0 unspecified atom stereocenters. The van der Waals surface area contributed by atoms with Crippen molar-refractivity contribution in [3.05, 3.63) is 33.2 Å². The van der Waals surface area contributed by atoms with Crippen molar-refractivity contribution in [1.29, 1.82) is 0 Å². The van der Waals surface area contributed by atoms with Gasteiger partial charge in [-0.2, -0.15) is 0 Å². The van der Waals surface area contributed by atoms with Crippen molar-refractivity contribution < 1.29 is 0 Å². The zero-order valence-electron chi connectivity index (χ0n) is 6.51. The minimum Gasteiger partial charge on any atom is -0.313 e. The van der Waals surface area contributed by atoms with Crippen LogP contribution in [0.4, 0.5) is 5.82 Å². The van der Waals surface area contributed by atoms with Crippen LogP contribution in [0.2, 0.25) is 0 Å². The van der Waals surface area contributed by atoms with Crippen LogP contribution in [0.25, 0.3) is 10.4 Å². The molecule has 0 atom stereocenters. The number of hydrogen-bond acceptors (Lipinski definition) is 3. The second-order valence-corrected chi connectivity index (χ2v) is 2.03. The normalized spacial score (nSPS) is 9.08. The predicted molar refractivity (Wildman–Crippen MR) is 43.0 cm³/mol. The summed E-state index contributed by atoms with van der Waals surface area (Å²) >= 11 is 0. The Bertz CT molecular complexity index is 376. The fraction of sp³-hybridized carbons (Fsp3) is 0.333. The summed E-state index contributed by atoms with van der Waals surface area (Å²) in [6, 6.07) is 0. The molecule has 0 spiro atoms. The van der Waals surface area contributed by atoms with Gasteiger partial charge in [-0.3, -0.25) is 4.79 Å². The van der Waals surface area contributed by atoms with Crippen molar-refractivity contribution in [2.24, 2.45) is 5.11 Å². The van der Waals surface area contributed by atoms with Crippen LogP contribution in [0.1, 0.15) is 6.92 Å². The minimum atomic E-state index is -0.363. The molecule has 0 aliphatic carbocycles. The molecule has 0 bridgehead atoms. The quantitative estimate of drug-likeness (QED) is 0.374. The van der Waals surface area contributed by atoms with Gasteiger partial charge in [0.05, 0.1) is 0 Å². The molecule has 0 saturated heterocycles. The Morgan fingerprint density at radius 3 is 3.17 bits per heavy atom. The van der Waals surface area contributed by atoms with E-state index in [0.29, 0.717) is 6.54 Å². The van der Waals surface area contributed by atoms with E-state index in [4.69, 9.17) is 5.53 Å². The van der Waals surface area contributed by atoms with Gasteiger partial charge in [-0.1, -0.05) is 0 Å². The molecule has 0 aromatic carbocycles. The van der Waals surface area contributed by atoms with Gasteiger partial charge in [0.1, 0.15) is 0 Å². The minimum absolute atomic E-state index is 0.109. The molecule has 0 saturated carbocycles. The van der Waals surface area contributed by atoms with Crippen LogP contribution >= 0.6 is 0 Å². The van der Waals surface area contributed by atoms with Crippen LogP contribution in [0.5, 0.6) is 0 Å². The fourth-order valence-corrected chi connectivity index (χ4v) is 0.796. The Morgan fingerprint density at radius 1 is 1.83 bits per heavy atom. The van der Waals surface area contributed by atoms with Crippen molar-refractivity contribution in [2.45, 2.75) is 13.5 Å². The average Bonchev–Trinajstić information content (AvgIpc) is 2.09. The number of nitrogens with zero attached hydrogens (tertiary/aromatic N) is 5. The van der Waals surface area contributed by atoms with Crippen LogP contribution < -0.4 is 5.56 Å². The Kier molecular flexibility index (Phi) is 2.45. The van der Waals surface area contributed by atoms with E-state index in [-0.39, 0.29) is 11.4 Å². The van der Waals surface area contributed by atoms with Crippen molar-refractivity contribution in [3.63, 3.8) is 0 Å². The van der Waals surface area contributed by atoms with Crippen molar-refractivity contribution in [1.82, 2.24) is 9.55 Å². The van der Waals surface area contributed by atoms with E-state index in [0.717, 1.165) is 0 Å². The van der Waals surface area contributed by atoms with Gasteiger partial charge >= 0.3 is 0 Å². The molecular formula is C6H7N5O. The number of rotatable bonds is 2. The van der Waals surface area contributed by atoms with Gasteiger partial charge in [0.15, 0.2) is 5.82 Å². The molecule has 6 nitrogen and oxygen atoms in total. The molecule has 6 heteroatoms. The van der Waals surface area contributed by atoms with Gasteiger partial charge in [0, 0.05) is 23.9 Å². The Labute approximate surface area is 68.1 Å². The number of aromatic nitrogens is 2. The summed E-state index contributed by atoms with van der Waals surface area (Å²) in [4.78, 5) is 17.3. The van der Waals surface area contributed by atoms with Gasteiger partial charge in [-0.15, -0.1) is 0 Å². The molecule has 12 heavy (non-hydrogen) atoms. The highest BCUT2D eigenvalue weighted by Crippen LogP contribution is 1.97. The highest BCUT2D eigenvalue weighted by Gasteiger charge is 1.99. The van der Waals surface area contributed by atoms with E-state index in [1.165, 1.54) is 10.8 Å². The third kappa shape index (κ3) is 1.43. The summed E-state index contributed by atoms with van der Waals surface area (Å²) in [6.45, 7) is 2.36. The summed E-state index contributed by atoms with van der Waals surface area (Å²) in [6.07, 6.45) is 2.97. The van der Waals surface area contributed by atoms with Crippen molar-refractivity contribution in [3.8, 4) is 0 Å². The predicted octanol–water partition coefficient (Wildman–Crippen LogP) is 1.20. The maximum absolute atomic E-state index is 11.2. The molecule has 0 amide bonds. The lowest BCUT2D eigenvalue weighted by atomic mass is 10.6. The molecule has 62 valence electrons. The summed E-state index contributed by atoms with van der Waals surface area (Å²) < 4.78 is 1.41. The first-order valence-corrected chi connectivity index (χ1v) is 3.40. The highest BCUT2D eigenvalue weighted by molar-refractivity contribution is 5.21. The molecule has 1 aromatic rings. The lowest BCUT2D eigenvalue weighted by Gasteiger charge is -1.99. The molecular weight excluding hydrogens is 158 g/mol. The van der Waals surface area contributed by atoms with Crippen molar-refractivity contribution in [2.75, 3.05) is 0 Å². The molecule has 1 aromatic heterocycles. The fourth-order valence-electron chi connectivity index (χ4n) is 0.796.